The fraction of sp³-hybridized carbons (Fsp3) is 0.125. The maximum atomic E-state index is 10.4. The molecule has 0 fully saturated rings. The van der Waals surface area contributed by atoms with Crippen LogP contribution in [-0.4, -0.2) is 12.2 Å². The Labute approximate surface area is 106 Å². The molecule has 1 N–H and O–H groups in total. The van der Waals surface area contributed by atoms with E-state index >= 15 is 0 Å². The van der Waals surface area contributed by atoms with E-state index in [1.165, 1.54) is 0 Å². The molecule has 1 aliphatic carbocycles. The lowest BCUT2D eigenvalue weighted by Crippen LogP contribution is -1.95. The van der Waals surface area contributed by atoms with Crippen LogP contribution in [0.4, 0.5) is 0 Å². The van der Waals surface area contributed by atoms with Gasteiger partial charge in [-0.05, 0) is 17.4 Å². The average Bonchev–Trinajstić information content (AvgIpc) is 2.65. The Morgan fingerprint density at radius 1 is 1.11 bits per heavy atom. The van der Waals surface area contributed by atoms with E-state index in [2.05, 4.69) is 6.07 Å². The van der Waals surface area contributed by atoms with Crippen molar-refractivity contribution < 1.29 is 9.84 Å². The van der Waals surface area contributed by atoms with Crippen molar-refractivity contribution in [3.8, 4) is 11.5 Å². The van der Waals surface area contributed by atoms with Gasteiger partial charge in [0.05, 0.1) is 7.11 Å². The van der Waals surface area contributed by atoms with Gasteiger partial charge in [0.25, 0.3) is 0 Å². The first kappa shape index (κ1) is 10.9. The van der Waals surface area contributed by atoms with Gasteiger partial charge >= 0.3 is 0 Å². The van der Waals surface area contributed by atoms with Crippen LogP contribution in [0.25, 0.3) is 16.8 Å². The molecule has 0 radical (unpaired) electrons. The largest absolute Gasteiger partial charge is 0.504 e. The van der Waals surface area contributed by atoms with Crippen LogP contribution in [0.5, 0.6) is 11.5 Å². The molecule has 18 heavy (non-hydrogen) atoms. The molecule has 0 aliphatic heterocycles. The zero-order valence-corrected chi connectivity index (χ0v) is 10.2. The van der Waals surface area contributed by atoms with Gasteiger partial charge in [-0.3, -0.25) is 0 Å². The summed E-state index contributed by atoms with van der Waals surface area (Å²) in [7, 11) is 1.59. The lowest BCUT2D eigenvalue weighted by molar-refractivity contribution is 0.375. The molecule has 0 saturated carbocycles. The summed E-state index contributed by atoms with van der Waals surface area (Å²) in [5, 5.41) is 12.4. The van der Waals surface area contributed by atoms with Crippen LogP contribution >= 0.6 is 0 Å². The van der Waals surface area contributed by atoms with Gasteiger partial charge in [-0.25, -0.2) is 0 Å². The monoisotopic (exact) mass is 238 g/mol. The first-order valence-corrected chi connectivity index (χ1v) is 5.96. The highest BCUT2D eigenvalue weighted by Gasteiger charge is 2.17. The lowest BCUT2D eigenvalue weighted by atomic mass is 9.95. The molecule has 3 rings (SSSR count). The predicted molar refractivity (Wildman–Crippen MR) is 74.0 cm³/mol. The molecule has 0 aromatic heterocycles. The number of methoxy groups -OCH3 is 1. The SMILES string of the molecule is COc1c(O)c2c(c3ccccc13)C=CC=CC2. The Hall–Kier alpha value is -2.22. The summed E-state index contributed by atoms with van der Waals surface area (Å²) < 4.78 is 5.37. The first-order chi connectivity index (χ1) is 8.83. The Morgan fingerprint density at radius 2 is 1.89 bits per heavy atom. The van der Waals surface area contributed by atoms with Gasteiger partial charge in [0.15, 0.2) is 11.5 Å². The maximum Gasteiger partial charge on any atom is 0.168 e. The summed E-state index contributed by atoms with van der Waals surface area (Å²) >= 11 is 0. The van der Waals surface area contributed by atoms with Gasteiger partial charge in [0.1, 0.15) is 0 Å². The van der Waals surface area contributed by atoms with E-state index in [9.17, 15) is 5.11 Å². The van der Waals surface area contributed by atoms with Crippen molar-refractivity contribution in [2.75, 3.05) is 7.11 Å². The summed E-state index contributed by atoms with van der Waals surface area (Å²) in [4.78, 5) is 0. The van der Waals surface area contributed by atoms with Gasteiger partial charge in [0, 0.05) is 10.9 Å². The van der Waals surface area contributed by atoms with Gasteiger partial charge < -0.3 is 9.84 Å². The van der Waals surface area contributed by atoms with Crippen LogP contribution in [0.1, 0.15) is 11.1 Å². The number of hydrogen-bond donors (Lipinski definition) is 1. The molecule has 0 amide bonds. The summed E-state index contributed by atoms with van der Waals surface area (Å²) in [6, 6.07) is 7.99. The number of benzene rings is 2. The molecular formula is C16H14O2. The van der Waals surface area contributed by atoms with Crippen molar-refractivity contribution in [2.45, 2.75) is 6.42 Å². The molecule has 0 atom stereocenters. The van der Waals surface area contributed by atoms with E-state index in [-0.39, 0.29) is 5.75 Å². The molecule has 2 nitrogen and oxygen atoms in total. The Kier molecular flexibility index (Phi) is 2.56. The van der Waals surface area contributed by atoms with E-state index < -0.39 is 0 Å². The molecular weight excluding hydrogens is 224 g/mol. The minimum absolute atomic E-state index is 0.252. The molecule has 0 unspecified atom stereocenters. The molecule has 0 heterocycles. The molecule has 2 heteroatoms. The highest BCUT2D eigenvalue weighted by Crippen LogP contribution is 2.42. The fourth-order valence-corrected chi connectivity index (χ4v) is 2.49. The molecule has 2 aromatic rings. The molecule has 90 valence electrons. The van der Waals surface area contributed by atoms with Crippen molar-refractivity contribution >= 4 is 16.8 Å². The van der Waals surface area contributed by atoms with E-state index in [1.54, 1.807) is 7.11 Å². The molecule has 0 spiro atoms. The quantitative estimate of drug-likeness (QED) is 0.821. The van der Waals surface area contributed by atoms with Gasteiger partial charge in [-0.15, -0.1) is 0 Å². The second kappa shape index (κ2) is 4.22. The number of rotatable bonds is 1. The summed E-state index contributed by atoms with van der Waals surface area (Å²) in [6.45, 7) is 0. The van der Waals surface area contributed by atoms with Crippen LogP contribution in [0.15, 0.2) is 42.5 Å². The standard InChI is InChI=1S/C16H14O2/c1-18-16-14-10-6-5-8-12(14)11-7-3-2-4-9-13(11)15(16)17/h2-8,10,17H,9H2,1H3. The molecule has 2 aromatic carbocycles. The third kappa shape index (κ3) is 1.50. The number of allylic oxidation sites excluding steroid dienone is 3. The Bertz CT molecular complexity index is 666. The normalized spacial score (nSPS) is 13.4. The first-order valence-electron chi connectivity index (χ1n) is 5.96. The third-order valence-electron chi connectivity index (χ3n) is 3.32. The van der Waals surface area contributed by atoms with Gasteiger partial charge in [0.2, 0.25) is 0 Å². The predicted octanol–water partition coefficient (Wildman–Crippen LogP) is 3.68. The van der Waals surface area contributed by atoms with Gasteiger partial charge in [-0.1, -0.05) is 48.6 Å². The third-order valence-corrected chi connectivity index (χ3v) is 3.32. The minimum atomic E-state index is 0.252. The fourth-order valence-electron chi connectivity index (χ4n) is 2.49. The number of fused-ring (bicyclic) bond motifs is 3. The zero-order chi connectivity index (χ0) is 12.5. The average molecular weight is 238 g/mol. The smallest absolute Gasteiger partial charge is 0.168 e. The number of phenolic OH excluding ortho intramolecular Hbond substituents is 1. The second-order valence-corrected chi connectivity index (χ2v) is 4.31. The van der Waals surface area contributed by atoms with E-state index in [0.717, 1.165) is 28.3 Å². The second-order valence-electron chi connectivity index (χ2n) is 4.31. The molecule has 0 saturated heterocycles. The van der Waals surface area contributed by atoms with Crippen LogP contribution in [0, 0.1) is 0 Å². The Balaban J connectivity index is 2.47. The van der Waals surface area contributed by atoms with E-state index in [4.69, 9.17) is 4.74 Å². The number of ether oxygens (including phenoxy) is 1. The minimum Gasteiger partial charge on any atom is -0.504 e. The van der Waals surface area contributed by atoms with E-state index in [1.807, 2.05) is 42.5 Å². The van der Waals surface area contributed by atoms with Crippen molar-refractivity contribution in [2.24, 2.45) is 0 Å². The number of phenols is 1. The van der Waals surface area contributed by atoms with Crippen LogP contribution in [0.2, 0.25) is 0 Å². The lowest BCUT2D eigenvalue weighted by Gasteiger charge is -2.15. The van der Waals surface area contributed by atoms with E-state index in [0.29, 0.717) is 5.75 Å². The number of aromatic hydroxyl groups is 1. The van der Waals surface area contributed by atoms with Gasteiger partial charge in [-0.2, -0.15) is 0 Å². The van der Waals surface area contributed by atoms with Crippen LogP contribution in [-0.2, 0) is 6.42 Å². The van der Waals surface area contributed by atoms with Crippen molar-refractivity contribution in [3.05, 3.63) is 53.6 Å². The summed E-state index contributed by atoms with van der Waals surface area (Å²) in [5.74, 6) is 0.815. The van der Waals surface area contributed by atoms with Crippen LogP contribution in [0.3, 0.4) is 0 Å². The number of hydrogen-bond acceptors (Lipinski definition) is 2. The van der Waals surface area contributed by atoms with Crippen molar-refractivity contribution in [1.82, 2.24) is 0 Å². The summed E-state index contributed by atoms with van der Waals surface area (Å²) in [5.41, 5.74) is 2.00. The highest BCUT2D eigenvalue weighted by atomic mass is 16.5. The maximum absolute atomic E-state index is 10.4. The Morgan fingerprint density at radius 3 is 2.67 bits per heavy atom. The van der Waals surface area contributed by atoms with Crippen molar-refractivity contribution in [3.63, 3.8) is 0 Å². The zero-order valence-electron chi connectivity index (χ0n) is 10.2. The highest BCUT2D eigenvalue weighted by molar-refractivity contribution is 5.99. The molecule has 0 bridgehead atoms. The molecule has 1 aliphatic rings. The topological polar surface area (TPSA) is 29.5 Å². The van der Waals surface area contributed by atoms with Crippen molar-refractivity contribution in [1.29, 1.82) is 0 Å². The summed E-state index contributed by atoms with van der Waals surface area (Å²) in [6.07, 6.45) is 8.80. The van der Waals surface area contributed by atoms with Crippen LogP contribution < -0.4 is 4.74 Å².